The number of rotatable bonds is 5. The Hall–Kier alpha value is -3.49. The van der Waals surface area contributed by atoms with E-state index in [-0.39, 0.29) is 16.9 Å². The van der Waals surface area contributed by atoms with E-state index >= 15 is 0 Å². The third-order valence-corrected chi connectivity index (χ3v) is 3.22. The molecule has 0 amide bonds. The molecule has 9 nitrogen and oxygen atoms in total. The van der Waals surface area contributed by atoms with Gasteiger partial charge in [0.05, 0.1) is 27.2 Å². The van der Waals surface area contributed by atoms with Crippen LogP contribution in [0.5, 0.6) is 0 Å². The molecule has 2 aromatic carbocycles. The summed E-state index contributed by atoms with van der Waals surface area (Å²) in [5.74, 6) is -1.18. The van der Waals surface area contributed by atoms with Crippen LogP contribution in [0.25, 0.3) is 0 Å². The molecule has 9 heteroatoms. The van der Waals surface area contributed by atoms with Crippen LogP contribution in [0.3, 0.4) is 0 Å². The maximum Gasteiger partial charge on any atom is 0.337 e. The second-order valence-electron chi connectivity index (χ2n) is 4.57. The molecule has 0 aliphatic carbocycles. The molecule has 0 unspecified atom stereocenters. The molecule has 0 aromatic heterocycles. The predicted molar refractivity (Wildman–Crippen MR) is 81.2 cm³/mol. The van der Waals surface area contributed by atoms with Gasteiger partial charge in [-0.1, -0.05) is 12.1 Å². The molecule has 0 heterocycles. The molecule has 0 radical (unpaired) electrons. The number of anilines is 2. The average molecular weight is 317 g/mol. The van der Waals surface area contributed by atoms with Gasteiger partial charge in [-0.2, -0.15) is 0 Å². The van der Waals surface area contributed by atoms with Crippen LogP contribution in [-0.4, -0.2) is 28.0 Å². The molecule has 1 N–H and O–H groups in total. The smallest absolute Gasteiger partial charge is 0.337 e. The van der Waals surface area contributed by atoms with Gasteiger partial charge in [-0.3, -0.25) is 20.2 Å². The number of para-hydroxylation sites is 1. The summed E-state index contributed by atoms with van der Waals surface area (Å²) < 4.78 is 0. The van der Waals surface area contributed by atoms with Gasteiger partial charge < -0.3 is 10.0 Å². The number of nitrogens with zero attached hydrogens (tertiary/aromatic N) is 3. The van der Waals surface area contributed by atoms with Crippen LogP contribution in [0, 0.1) is 20.2 Å². The van der Waals surface area contributed by atoms with Gasteiger partial charge >= 0.3 is 5.97 Å². The second kappa shape index (κ2) is 6.10. The maximum absolute atomic E-state index is 11.3. The van der Waals surface area contributed by atoms with Crippen LogP contribution in [-0.2, 0) is 0 Å². The summed E-state index contributed by atoms with van der Waals surface area (Å²) in [4.78, 5) is 33.1. The fourth-order valence-corrected chi connectivity index (χ4v) is 2.13. The van der Waals surface area contributed by atoms with Gasteiger partial charge in [-0.15, -0.1) is 0 Å². The zero-order chi connectivity index (χ0) is 17.1. The highest BCUT2D eigenvalue weighted by molar-refractivity contribution is 5.96. The number of carboxylic acids is 1. The number of hydrogen-bond donors (Lipinski definition) is 1. The third kappa shape index (κ3) is 3.07. The van der Waals surface area contributed by atoms with Gasteiger partial charge in [0.1, 0.15) is 5.69 Å². The van der Waals surface area contributed by atoms with E-state index in [0.29, 0.717) is 0 Å². The number of hydrogen-bond acceptors (Lipinski definition) is 6. The third-order valence-electron chi connectivity index (χ3n) is 3.22. The van der Waals surface area contributed by atoms with Crippen molar-refractivity contribution >= 4 is 28.7 Å². The monoisotopic (exact) mass is 317 g/mol. The lowest BCUT2D eigenvalue weighted by Gasteiger charge is -2.21. The van der Waals surface area contributed by atoms with Crippen LogP contribution in [0.1, 0.15) is 10.4 Å². The number of benzene rings is 2. The van der Waals surface area contributed by atoms with Crippen molar-refractivity contribution in [3.8, 4) is 0 Å². The fraction of sp³-hybridized carbons (Fsp3) is 0.0714. The molecule has 0 saturated heterocycles. The Labute approximate surface area is 129 Å². The summed E-state index contributed by atoms with van der Waals surface area (Å²) >= 11 is 0. The van der Waals surface area contributed by atoms with Crippen LogP contribution in [0.4, 0.5) is 22.7 Å². The molecule has 118 valence electrons. The van der Waals surface area contributed by atoms with E-state index in [1.54, 1.807) is 6.07 Å². The van der Waals surface area contributed by atoms with E-state index in [1.165, 1.54) is 36.2 Å². The Morgan fingerprint density at radius 2 is 1.70 bits per heavy atom. The van der Waals surface area contributed by atoms with Crippen LogP contribution in [0.2, 0.25) is 0 Å². The summed E-state index contributed by atoms with van der Waals surface area (Å²) in [6.45, 7) is 0. The first kappa shape index (κ1) is 15.9. The van der Waals surface area contributed by atoms with Crippen LogP contribution >= 0.6 is 0 Å². The molecule has 0 saturated carbocycles. The normalized spacial score (nSPS) is 10.1. The number of nitro benzene ring substituents is 2. The molecular weight excluding hydrogens is 306 g/mol. The lowest BCUT2D eigenvalue weighted by atomic mass is 10.1. The molecule has 23 heavy (non-hydrogen) atoms. The molecule has 2 rings (SSSR count). The minimum atomic E-state index is -1.18. The minimum absolute atomic E-state index is 0.0392. The topological polar surface area (TPSA) is 127 Å². The molecule has 0 fully saturated rings. The summed E-state index contributed by atoms with van der Waals surface area (Å²) in [7, 11) is 1.45. The van der Waals surface area contributed by atoms with E-state index in [0.717, 1.165) is 12.1 Å². The van der Waals surface area contributed by atoms with E-state index in [4.69, 9.17) is 0 Å². The fourth-order valence-electron chi connectivity index (χ4n) is 2.13. The van der Waals surface area contributed by atoms with Crippen molar-refractivity contribution in [1.82, 2.24) is 0 Å². The van der Waals surface area contributed by atoms with Crippen molar-refractivity contribution in [2.24, 2.45) is 0 Å². The van der Waals surface area contributed by atoms with Crippen molar-refractivity contribution < 1.29 is 19.7 Å². The van der Waals surface area contributed by atoms with E-state index in [9.17, 15) is 30.1 Å². The SMILES string of the molecule is CN(c1ccccc1C(=O)O)c1ccc([N+](=O)[O-])cc1[N+](=O)[O-]. The Morgan fingerprint density at radius 3 is 2.26 bits per heavy atom. The summed E-state index contributed by atoms with van der Waals surface area (Å²) in [5.41, 5.74) is -0.656. The molecule has 0 aliphatic heterocycles. The minimum Gasteiger partial charge on any atom is -0.478 e. The van der Waals surface area contributed by atoms with E-state index < -0.39 is 27.2 Å². The zero-order valence-corrected chi connectivity index (χ0v) is 11.9. The Balaban J connectivity index is 2.60. The van der Waals surface area contributed by atoms with E-state index in [2.05, 4.69) is 0 Å². The van der Waals surface area contributed by atoms with E-state index in [1.807, 2.05) is 0 Å². The highest BCUT2D eigenvalue weighted by Gasteiger charge is 2.24. The quantitative estimate of drug-likeness (QED) is 0.663. The van der Waals surface area contributed by atoms with Gasteiger partial charge in [-0.05, 0) is 18.2 Å². The Morgan fingerprint density at radius 1 is 1.04 bits per heavy atom. The van der Waals surface area contributed by atoms with Gasteiger partial charge in [0.25, 0.3) is 11.4 Å². The van der Waals surface area contributed by atoms with Gasteiger partial charge in [0.15, 0.2) is 0 Å². The molecule has 0 atom stereocenters. The summed E-state index contributed by atoms with van der Waals surface area (Å²) in [5, 5.41) is 31.2. The first-order valence-corrected chi connectivity index (χ1v) is 6.32. The van der Waals surface area contributed by atoms with Gasteiger partial charge in [0, 0.05) is 13.1 Å². The molecule has 2 aromatic rings. The molecule has 0 bridgehead atoms. The van der Waals surface area contributed by atoms with Crippen LogP contribution < -0.4 is 4.90 Å². The molecule has 0 spiro atoms. The number of carboxylic acid groups (broad SMARTS) is 1. The molecule has 0 aliphatic rings. The average Bonchev–Trinajstić information content (AvgIpc) is 2.53. The number of aromatic carboxylic acids is 1. The number of carbonyl (C=O) groups is 1. The van der Waals surface area contributed by atoms with Crippen LogP contribution in [0.15, 0.2) is 42.5 Å². The maximum atomic E-state index is 11.3. The first-order valence-electron chi connectivity index (χ1n) is 6.32. The second-order valence-corrected chi connectivity index (χ2v) is 4.57. The summed E-state index contributed by atoms with van der Waals surface area (Å²) in [6.07, 6.45) is 0. The summed E-state index contributed by atoms with van der Waals surface area (Å²) in [6, 6.07) is 9.17. The highest BCUT2D eigenvalue weighted by atomic mass is 16.6. The zero-order valence-electron chi connectivity index (χ0n) is 11.9. The largest absolute Gasteiger partial charge is 0.478 e. The lowest BCUT2D eigenvalue weighted by molar-refractivity contribution is -0.393. The van der Waals surface area contributed by atoms with Crippen molar-refractivity contribution in [2.75, 3.05) is 11.9 Å². The Bertz CT molecular complexity index is 805. The first-order chi connectivity index (χ1) is 10.8. The number of non-ortho nitro benzene ring substituents is 1. The van der Waals surface area contributed by atoms with Gasteiger partial charge in [-0.25, -0.2) is 4.79 Å². The van der Waals surface area contributed by atoms with Crippen molar-refractivity contribution in [3.63, 3.8) is 0 Å². The standard InChI is InChI=1S/C14H11N3O6/c1-15(11-5-3-2-4-10(11)14(18)19)12-7-6-9(16(20)21)8-13(12)17(22)23/h2-8H,1H3,(H,18,19). The Kier molecular flexibility index (Phi) is 4.21. The lowest BCUT2D eigenvalue weighted by Crippen LogP contribution is -2.15. The van der Waals surface area contributed by atoms with Gasteiger partial charge in [0.2, 0.25) is 0 Å². The number of nitro groups is 2. The van der Waals surface area contributed by atoms with Crippen molar-refractivity contribution in [2.45, 2.75) is 0 Å². The highest BCUT2D eigenvalue weighted by Crippen LogP contribution is 2.36. The predicted octanol–water partition coefficient (Wildman–Crippen LogP) is 2.97. The van der Waals surface area contributed by atoms with Crippen molar-refractivity contribution in [3.05, 3.63) is 68.3 Å². The molecular formula is C14H11N3O6. The van der Waals surface area contributed by atoms with Crippen molar-refractivity contribution in [1.29, 1.82) is 0 Å².